The molecule has 1 aromatic rings. The van der Waals surface area contributed by atoms with Gasteiger partial charge in [-0.15, -0.1) is 0 Å². The van der Waals surface area contributed by atoms with E-state index in [0.717, 1.165) is 32.5 Å². The van der Waals surface area contributed by atoms with Gasteiger partial charge in [-0.2, -0.15) is 17.0 Å². The van der Waals surface area contributed by atoms with Gasteiger partial charge in [0.25, 0.3) is 0 Å². The molecule has 0 saturated carbocycles. The van der Waals surface area contributed by atoms with Crippen LogP contribution in [0.3, 0.4) is 0 Å². The molecule has 0 spiro atoms. The Kier molecular flexibility index (Phi) is 4.58. The molecule has 2 aliphatic heterocycles. The second kappa shape index (κ2) is 6.25. The highest BCUT2D eigenvalue weighted by Gasteiger charge is 2.31. The number of likely N-dealkylation sites (tertiary alicyclic amines) is 1. The SMILES string of the molecule is N#CCC1(I)CCN(Cc2ccc3c(c2)CSC3)CC1. The first-order valence-corrected chi connectivity index (χ1v) is 9.38. The van der Waals surface area contributed by atoms with E-state index in [-0.39, 0.29) is 3.42 Å². The first-order chi connectivity index (χ1) is 9.68. The fourth-order valence-electron chi connectivity index (χ4n) is 3.01. The summed E-state index contributed by atoms with van der Waals surface area (Å²) >= 11 is 4.52. The Morgan fingerprint density at radius 1 is 1.25 bits per heavy atom. The number of hydrogen-bond donors (Lipinski definition) is 0. The highest BCUT2D eigenvalue weighted by molar-refractivity contribution is 14.1. The van der Waals surface area contributed by atoms with Crippen molar-refractivity contribution in [1.82, 2.24) is 4.90 Å². The standard InChI is InChI=1S/C16H19IN2S/c17-16(3-6-18)4-7-19(8-5-16)10-13-1-2-14-11-20-12-15(14)9-13/h1-2,9H,3-5,7-8,10-12H2. The molecule has 0 radical (unpaired) electrons. The zero-order valence-electron chi connectivity index (χ0n) is 11.6. The molecule has 0 aliphatic carbocycles. The molecule has 2 nitrogen and oxygen atoms in total. The molecule has 1 saturated heterocycles. The zero-order chi connectivity index (χ0) is 14.0. The third kappa shape index (κ3) is 3.32. The molecule has 2 heterocycles. The molecule has 0 N–H and O–H groups in total. The summed E-state index contributed by atoms with van der Waals surface area (Å²) in [7, 11) is 0. The Morgan fingerprint density at radius 2 is 2.00 bits per heavy atom. The van der Waals surface area contributed by atoms with Crippen LogP contribution in [0, 0.1) is 11.3 Å². The number of alkyl halides is 1. The smallest absolute Gasteiger partial charge is 0.0635 e. The van der Waals surface area contributed by atoms with E-state index in [1.807, 2.05) is 11.8 Å². The summed E-state index contributed by atoms with van der Waals surface area (Å²) in [6.45, 7) is 3.31. The second-order valence-electron chi connectivity index (χ2n) is 5.86. The van der Waals surface area contributed by atoms with Crippen molar-refractivity contribution in [3.8, 4) is 6.07 Å². The molecule has 1 fully saturated rings. The average molecular weight is 398 g/mol. The van der Waals surface area contributed by atoms with Crippen molar-refractivity contribution in [1.29, 1.82) is 5.26 Å². The number of halogens is 1. The Hall–Kier alpha value is -0.250. The van der Waals surface area contributed by atoms with Crippen molar-refractivity contribution in [2.75, 3.05) is 13.1 Å². The van der Waals surface area contributed by atoms with E-state index in [0.29, 0.717) is 6.42 Å². The molecule has 3 rings (SSSR count). The summed E-state index contributed by atoms with van der Waals surface area (Å²) in [4.78, 5) is 2.54. The van der Waals surface area contributed by atoms with Gasteiger partial charge in [0.1, 0.15) is 0 Å². The summed E-state index contributed by atoms with van der Waals surface area (Å²) < 4.78 is 0.220. The summed E-state index contributed by atoms with van der Waals surface area (Å²) in [5.41, 5.74) is 4.52. The highest BCUT2D eigenvalue weighted by atomic mass is 127. The van der Waals surface area contributed by atoms with Crippen molar-refractivity contribution in [2.45, 2.75) is 40.7 Å². The number of fused-ring (bicyclic) bond motifs is 1. The van der Waals surface area contributed by atoms with Gasteiger partial charge in [0.05, 0.1) is 6.07 Å². The van der Waals surface area contributed by atoms with Gasteiger partial charge in [0.2, 0.25) is 0 Å². The zero-order valence-corrected chi connectivity index (χ0v) is 14.5. The number of rotatable bonds is 3. The van der Waals surface area contributed by atoms with Crippen LogP contribution in [-0.4, -0.2) is 21.4 Å². The number of thioether (sulfide) groups is 1. The van der Waals surface area contributed by atoms with Crippen LogP contribution in [0.5, 0.6) is 0 Å². The van der Waals surface area contributed by atoms with Gasteiger partial charge in [0, 0.05) is 27.9 Å². The molecule has 0 bridgehead atoms. The minimum atomic E-state index is 0.220. The quantitative estimate of drug-likeness (QED) is 0.566. The molecular weight excluding hydrogens is 379 g/mol. The molecule has 1 aromatic carbocycles. The summed E-state index contributed by atoms with van der Waals surface area (Å²) in [6, 6.07) is 9.35. The molecule has 0 aromatic heterocycles. The van der Waals surface area contributed by atoms with Gasteiger partial charge in [-0.3, -0.25) is 4.90 Å². The molecule has 0 unspecified atom stereocenters. The van der Waals surface area contributed by atoms with Crippen molar-refractivity contribution < 1.29 is 0 Å². The number of hydrogen-bond acceptors (Lipinski definition) is 3. The lowest BCUT2D eigenvalue weighted by molar-refractivity contribution is 0.199. The molecule has 2 aliphatic rings. The molecule has 0 amide bonds. The van der Waals surface area contributed by atoms with Gasteiger partial charge < -0.3 is 0 Å². The number of nitriles is 1. The normalized spacial score (nSPS) is 21.4. The van der Waals surface area contributed by atoms with Crippen molar-refractivity contribution >= 4 is 34.4 Å². The van der Waals surface area contributed by atoms with Gasteiger partial charge in [0.15, 0.2) is 0 Å². The van der Waals surface area contributed by atoms with E-state index in [1.54, 1.807) is 0 Å². The van der Waals surface area contributed by atoms with Crippen LogP contribution in [0.15, 0.2) is 18.2 Å². The van der Waals surface area contributed by atoms with Gasteiger partial charge in [-0.1, -0.05) is 40.8 Å². The largest absolute Gasteiger partial charge is 0.299 e. The van der Waals surface area contributed by atoms with E-state index in [1.165, 1.54) is 28.2 Å². The lowest BCUT2D eigenvalue weighted by Crippen LogP contribution is -2.40. The first kappa shape index (κ1) is 14.7. The van der Waals surface area contributed by atoms with Gasteiger partial charge >= 0.3 is 0 Å². The van der Waals surface area contributed by atoms with Crippen LogP contribution in [0.2, 0.25) is 0 Å². The highest BCUT2D eigenvalue weighted by Crippen LogP contribution is 2.35. The van der Waals surface area contributed by atoms with Crippen LogP contribution < -0.4 is 0 Å². The molecule has 106 valence electrons. The maximum Gasteiger partial charge on any atom is 0.0635 e. The summed E-state index contributed by atoms with van der Waals surface area (Å²) in [5, 5.41) is 8.90. The maximum atomic E-state index is 8.90. The lowest BCUT2D eigenvalue weighted by Gasteiger charge is -2.36. The minimum absolute atomic E-state index is 0.220. The fourth-order valence-corrected chi connectivity index (χ4v) is 4.76. The third-order valence-corrected chi connectivity index (χ3v) is 6.83. The fraction of sp³-hybridized carbons (Fsp3) is 0.562. The predicted octanol–water partition coefficient (Wildman–Crippen LogP) is 4.12. The molecule has 4 heteroatoms. The van der Waals surface area contributed by atoms with E-state index in [9.17, 15) is 0 Å². The van der Waals surface area contributed by atoms with E-state index >= 15 is 0 Å². The Balaban J connectivity index is 1.59. The average Bonchev–Trinajstić information content (AvgIpc) is 2.89. The lowest BCUT2D eigenvalue weighted by atomic mass is 9.93. The first-order valence-electron chi connectivity index (χ1n) is 7.15. The molecule has 0 atom stereocenters. The predicted molar refractivity (Wildman–Crippen MR) is 92.9 cm³/mol. The number of nitrogens with zero attached hydrogens (tertiary/aromatic N) is 2. The molecule has 20 heavy (non-hydrogen) atoms. The topological polar surface area (TPSA) is 27.0 Å². The Labute approximate surface area is 139 Å². The Morgan fingerprint density at radius 3 is 2.75 bits per heavy atom. The summed E-state index contributed by atoms with van der Waals surface area (Å²) in [5.74, 6) is 2.37. The van der Waals surface area contributed by atoms with E-state index in [2.05, 4.69) is 51.8 Å². The monoisotopic (exact) mass is 398 g/mol. The Bertz CT molecular complexity index is 530. The van der Waals surface area contributed by atoms with E-state index < -0.39 is 0 Å². The van der Waals surface area contributed by atoms with Crippen molar-refractivity contribution in [2.24, 2.45) is 0 Å². The number of piperidine rings is 1. The molecular formula is C16H19IN2S. The van der Waals surface area contributed by atoms with Crippen LogP contribution in [0.1, 0.15) is 36.0 Å². The van der Waals surface area contributed by atoms with Crippen LogP contribution >= 0.6 is 34.4 Å². The van der Waals surface area contributed by atoms with Crippen molar-refractivity contribution in [3.63, 3.8) is 0 Å². The van der Waals surface area contributed by atoms with Crippen LogP contribution in [0.25, 0.3) is 0 Å². The second-order valence-corrected chi connectivity index (χ2v) is 9.13. The minimum Gasteiger partial charge on any atom is -0.299 e. The third-order valence-electron chi connectivity index (χ3n) is 4.34. The van der Waals surface area contributed by atoms with E-state index in [4.69, 9.17) is 5.26 Å². The summed E-state index contributed by atoms with van der Waals surface area (Å²) in [6.07, 6.45) is 2.97. The maximum absolute atomic E-state index is 8.90. The van der Waals surface area contributed by atoms with Gasteiger partial charge in [-0.25, -0.2) is 0 Å². The van der Waals surface area contributed by atoms with Crippen molar-refractivity contribution in [3.05, 3.63) is 34.9 Å². The van der Waals surface area contributed by atoms with Crippen LogP contribution in [-0.2, 0) is 18.1 Å². The number of benzene rings is 1. The van der Waals surface area contributed by atoms with Gasteiger partial charge in [-0.05, 0) is 42.6 Å². The van der Waals surface area contributed by atoms with Crippen LogP contribution in [0.4, 0.5) is 0 Å².